The third kappa shape index (κ3) is 5.47. The summed E-state index contributed by atoms with van der Waals surface area (Å²) in [6.45, 7) is 3.20. The standard InChI is InChI=1S/C30H30F2N4O9/c1-15-12-43-27-24-19(26(38)20(28(39)40)11-35(15)24)8-22(32)25(27)34-6-5-30(42,13-34)14-44-23-4-3-17(7-21(23)31)36-10-18(45-29(36)41)9-33-16(2)37/h3-4,7-8,11,15,18,42H,5-6,9-10,12-14H2,1-2H3,(H,33,37)(H,39,40)/t15?,18-,30?/m0/s1. The molecule has 0 spiro atoms. The van der Waals surface area contributed by atoms with E-state index in [0.29, 0.717) is 0 Å². The number of anilines is 2. The minimum atomic E-state index is -1.51. The summed E-state index contributed by atoms with van der Waals surface area (Å²) in [5, 5.41) is 23.2. The van der Waals surface area contributed by atoms with Gasteiger partial charge in [-0.2, -0.15) is 0 Å². The molecule has 45 heavy (non-hydrogen) atoms. The van der Waals surface area contributed by atoms with Crippen LogP contribution in [-0.2, 0) is 9.53 Å². The highest BCUT2D eigenvalue weighted by molar-refractivity contribution is 5.97. The van der Waals surface area contributed by atoms with Gasteiger partial charge in [0, 0.05) is 25.7 Å². The summed E-state index contributed by atoms with van der Waals surface area (Å²) >= 11 is 0. The number of aromatic nitrogens is 1. The zero-order valence-corrected chi connectivity index (χ0v) is 24.3. The lowest BCUT2D eigenvalue weighted by Crippen LogP contribution is -2.39. The van der Waals surface area contributed by atoms with Crippen LogP contribution in [0.1, 0.15) is 36.7 Å². The van der Waals surface area contributed by atoms with Crippen molar-refractivity contribution in [2.45, 2.75) is 38.0 Å². The molecule has 238 valence electrons. The summed E-state index contributed by atoms with van der Waals surface area (Å²) in [6.07, 6.45) is 0.0953. The van der Waals surface area contributed by atoms with Crippen LogP contribution in [0.3, 0.4) is 0 Å². The van der Waals surface area contributed by atoms with E-state index in [2.05, 4.69) is 5.32 Å². The molecule has 3 aromatic rings. The largest absolute Gasteiger partial charge is 0.487 e. The molecule has 3 aliphatic rings. The van der Waals surface area contributed by atoms with Crippen molar-refractivity contribution in [3.05, 3.63) is 57.9 Å². The molecule has 15 heteroatoms. The molecule has 3 atom stereocenters. The average molecular weight is 629 g/mol. The minimum absolute atomic E-state index is 0.0198. The zero-order chi connectivity index (χ0) is 32.2. The number of pyridine rings is 1. The highest BCUT2D eigenvalue weighted by Crippen LogP contribution is 2.44. The highest BCUT2D eigenvalue weighted by atomic mass is 19.1. The summed E-state index contributed by atoms with van der Waals surface area (Å²) in [7, 11) is 0. The molecular formula is C30H30F2N4O9. The molecule has 2 aromatic carbocycles. The zero-order valence-electron chi connectivity index (χ0n) is 24.3. The third-order valence-electron chi connectivity index (χ3n) is 8.20. The van der Waals surface area contributed by atoms with Crippen LogP contribution in [0.5, 0.6) is 11.5 Å². The first-order valence-electron chi connectivity index (χ1n) is 14.2. The van der Waals surface area contributed by atoms with Gasteiger partial charge in [0.1, 0.15) is 36.2 Å². The van der Waals surface area contributed by atoms with Crippen molar-refractivity contribution >= 4 is 40.2 Å². The minimum Gasteiger partial charge on any atom is -0.487 e. The van der Waals surface area contributed by atoms with Crippen molar-refractivity contribution in [3.63, 3.8) is 0 Å². The number of cyclic esters (lactones) is 1. The average Bonchev–Trinajstić information content (AvgIpc) is 3.56. The van der Waals surface area contributed by atoms with Gasteiger partial charge in [0.15, 0.2) is 23.1 Å². The van der Waals surface area contributed by atoms with Gasteiger partial charge in [0.2, 0.25) is 11.3 Å². The number of benzene rings is 2. The van der Waals surface area contributed by atoms with Crippen LogP contribution in [-0.4, -0.2) is 83.8 Å². The molecule has 0 radical (unpaired) electrons. The van der Waals surface area contributed by atoms with E-state index in [1.165, 1.54) is 30.2 Å². The molecule has 3 aliphatic heterocycles. The first kappa shape index (κ1) is 30.1. The number of aromatic carboxylic acids is 1. The molecule has 2 amide bonds. The fraction of sp³-hybridized carbons (Fsp3) is 0.400. The Labute approximate surface area is 254 Å². The van der Waals surface area contributed by atoms with Gasteiger partial charge in [-0.3, -0.25) is 14.5 Å². The molecule has 1 aromatic heterocycles. The van der Waals surface area contributed by atoms with E-state index in [1.54, 1.807) is 16.4 Å². The number of ether oxygens (including phenoxy) is 3. The quantitative estimate of drug-likeness (QED) is 0.338. The number of rotatable bonds is 8. The highest BCUT2D eigenvalue weighted by Gasteiger charge is 2.41. The number of β-amino-alcohol motifs (C(OH)–C–C–N with tert-alkyl or cyclic N) is 1. The molecule has 2 saturated heterocycles. The van der Waals surface area contributed by atoms with Crippen LogP contribution in [0.4, 0.5) is 25.0 Å². The number of nitrogens with one attached hydrogen (secondary N) is 1. The number of hydrogen-bond donors (Lipinski definition) is 3. The van der Waals surface area contributed by atoms with Gasteiger partial charge in [-0.15, -0.1) is 0 Å². The number of amides is 2. The molecule has 3 N–H and O–H groups in total. The topological polar surface area (TPSA) is 160 Å². The first-order chi connectivity index (χ1) is 21.3. The van der Waals surface area contributed by atoms with E-state index in [0.717, 1.165) is 12.1 Å². The normalized spacial score (nSPS) is 22.4. The third-order valence-corrected chi connectivity index (χ3v) is 8.20. The Morgan fingerprint density at radius 2 is 1.98 bits per heavy atom. The first-order valence-corrected chi connectivity index (χ1v) is 14.2. The van der Waals surface area contributed by atoms with Crippen LogP contribution < -0.4 is 30.0 Å². The summed E-state index contributed by atoms with van der Waals surface area (Å²) in [5.41, 5.74) is -2.31. The summed E-state index contributed by atoms with van der Waals surface area (Å²) < 4.78 is 48.9. The van der Waals surface area contributed by atoms with Gasteiger partial charge in [0.25, 0.3) is 0 Å². The van der Waals surface area contributed by atoms with Crippen molar-refractivity contribution in [3.8, 4) is 11.5 Å². The predicted molar refractivity (Wildman–Crippen MR) is 155 cm³/mol. The van der Waals surface area contributed by atoms with Crippen LogP contribution in [0, 0.1) is 11.6 Å². The number of halogens is 2. The molecular weight excluding hydrogens is 598 g/mol. The van der Waals surface area contributed by atoms with E-state index in [9.17, 15) is 29.4 Å². The maximum absolute atomic E-state index is 15.6. The number of carbonyl (C=O) groups excluding carboxylic acids is 2. The Morgan fingerprint density at radius 3 is 2.69 bits per heavy atom. The Kier molecular flexibility index (Phi) is 7.51. The van der Waals surface area contributed by atoms with Gasteiger partial charge in [-0.1, -0.05) is 0 Å². The molecule has 0 aliphatic carbocycles. The van der Waals surface area contributed by atoms with Gasteiger partial charge in [-0.25, -0.2) is 18.4 Å². The molecule has 2 unspecified atom stereocenters. The second-order valence-electron chi connectivity index (χ2n) is 11.5. The Balaban J connectivity index is 1.18. The van der Waals surface area contributed by atoms with Gasteiger partial charge < -0.3 is 39.2 Å². The molecule has 13 nitrogen and oxygen atoms in total. The lowest BCUT2D eigenvalue weighted by Gasteiger charge is -2.31. The second kappa shape index (κ2) is 11.2. The van der Waals surface area contributed by atoms with Gasteiger partial charge >= 0.3 is 12.1 Å². The van der Waals surface area contributed by atoms with E-state index < -0.39 is 46.4 Å². The van der Waals surface area contributed by atoms with Crippen LogP contribution >= 0.6 is 0 Å². The molecule has 0 saturated carbocycles. The summed E-state index contributed by atoms with van der Waals surface area (Å²) in [5.74, 6) is -3.39. The SMILES string of the molecule is CC(=O)NC[C@H]1CN(c2ccc(OCC3(O)CCN(c4c(F)cc5c(=O)c(C(=O)O)cn6c5c4OCC6C)C3)c(F)c2)C(=O)O1. The van der Waals surface area contributed by atoms with E-state index in [1.807, 2.05) is 0 Å². The van der Waals surface area contributed by atoms with Crippen LogP contribution in [0.15, 0.2) is 35.3 Å². The van der Waals surface area contributed by atoms with Crippen LogP contribution in [0.2, 0.25) is 0 Å². The number of nitrogens with zero attached hydrogens (tertiary/aromatic N) is 3. The van der Waals surface area contributed by atoms with Crippen LogP contribution in [0.25, 0.3) is 10.9 Å². The fourth-order valence-corrected chi connectivity index (χ4v) is 5.91. The predicted octanol–water partition coefficient (Wildman–Crippen LogP) is 2.41. The molecule has 6 rings (SSSR count). The maximum Gasteiger partial charge on any atom is 0.414 e. The smallest absolute Gasteiger partial charge is 0.414 e. The molecule has 0 bridgehead atoms. The Morgan fingerprint density at radius 1 is 1.20 bits per heavy atom. The summed E-state index contributed by atoms with van der Waals surface area (Å²) in [6, 6.07) is 4.55. The van der Waals surface area contributed by atoms with Crippen molar-refractivity contribution in [1.29, 1.82) is 0 Å². The second-order valence-corrected chi connectivity index (χ2v) is 11.5. The van der Waals surface area contributed by atoms with Crippen molar-refractivity contribution in [1.82, 2.24) is 9.88 Å². The van der Waals surface area contributed by atoms with Gasteiger partial charge in [0.05, 0.1) is 42.3 Å². The Hall–Kier alpha value is -4.92. The molecule has 2 fully saturated rings. The maximum atomic E-state index is 15.6. The van der Waals surface area contributed by atoms with E-state index in [-0.39, 0.29) is 91.5 Å². The Bertz CT molecular complexity index is 1800. The van der Waals surface area contributed by atoms with Crippen molar-refractivity contribution in [2.75, 3.05) is 49.2 Å². The molecule has 4 heterocycles. The number of carbonyl (C=O) groups is 3. The van der Waals surface area contributed by atoms with Gasteiger partial charge in [-0.05, 0) is 31.5 Å². The number of carboxylic acid groups (broad SMARTS) is 1. The lowest BCUT2D eigenvalue weighted by molar-refractivity contribution is -0.119. The van der Waals surface area contributed by atoms with E-state index >= 15 is 8.78 Å². The number of aliphatic hydroxyl groups is 1. The summed E-state index contributed by atoms with van der Waals surface area (Å²) in [4.78, 5) is 50.7. The van der Waals surface area contributed by atoms with Crippen molar-refractivity contribution < 1.29 is 47.6 Å². The fourth-order valence-electron chi connectivity index (χ4n) is 5.91. The number of carboxylic acids is 1. The van der Waals surface area contributed by atoms with E-state index in [4.69, 9.17) is 14.2 Å². The lowest BCUT2D eigenvalue weighted by atomic mass is 10.0. The van der Waals surface area contributed by atoms with Crippen molar-refractivity contribution in [2.24, 2.45) is 0 Å². The monoisotopic (exact) mass is 628 g/mol. The number of hydrogen-bond acceptors (Lipinski definition) is 9.